The number of para-hydroxylation sites is 5. The minimum atomic E-state index is 0.634. The lowest BCUT2D eigenvalue weighted by Crippen LogP contribution is -2.00. The summed E-state index contributed by atoms with van der Waals surface area (Å²) in [5.41, 5.74) is 14.4. The lowest BCUT2D eigenvalue weighted by atomic mass is 9.99. The van der Waals surface area contributed by atoms with Gasteiger partial charge in [0.15, 0.2) is 17.5 Å². The predicted octanol–water partition coefficient (Wildman–Crippen LogP) is 14.4. The molecule has 0 saturated heterocycles. The summed E-state index contributed by atoms with van der Waals surface area (Å²) in [6.07, 6.45) is 0. The molecule has 0 aliphatic rings. The van der Waals surface area contributed by atoms with Gasteiger partial charge in [-0.2, -0.15) is 0 Å². The minimum absolute atomic E-state index is 0.634. The summed E-state index contributed by atoms with van der Waals surface area (Å²) in [5, 5.41) is 4.87. The molecule has 0 aliphatic carbocycles. The van der Waals surface area contributed by atoms with E-state index in [0.717, 1.165) is 44.7 Å². The van der Waals surface area contributed by atoms with Gasteiger partial charge in [0.2, 0.25) is 0 Å². The van der Waals surface area contributed by atoms with E-state index in [1.54, 1.807) is 0 Å². The number of rotatable bonds is 7. The summed E-state index contributed by atoms with van der Waals surface area (Å²) in [4.78, 5) is 14.9. The van der Waals surface area contributed by atoms with Crippen LogP contribution in [0.15, 0.2) is 224 Å². The molecule has 0 N–H and O–H groups in total. The van der Waals surface area contributed by atoms with Crippen molar-refractivity contribution in [1.82, 2.24) is 24.1 Å². The van der Waals surface area contributed by atoms with Crippen LogP contribution in [0.1, 0.15) is 0 Å². The molecule has 0 atom stereocenters. The fourth-order valence-electron chi connectivity index (χ4n) is 9.15. The van der Waals surface area contributed by atoms with E-state index in [4.69, 9.17) is 15.0 Å². The molecule has 3 heterocycles. The second kappa shape index (κ2) is 14.7. The van der Waals surface area contributed by atoms with Crippen LogP contribution >= 0.6 is 0 Å². The molecule has 0 fully saturated rings. The quantitative estimate of drug-likeness (QED) is 0.162. The van der Waals surface area contributed by atoms with Crippen LogP contribution in [0.4, 0.5) is 0 Å². The van der Waals surface area contributed by atoms with Crippen molar-refractivity contribution < 1.29 is 0 Å². The molecule has 0 aliphatic heterocycles. The van der Waals surface area contributed by atoms with Crippen molar-refractivity contribution in [3.63, 3.8) is 0 Å². The molecule has 12 aromatic rings. The van der Waals surface area contributed by atoms with E-state index in [-0.39, 0.29) is 0 Å². The predicted molar refractivity (Wildman–Crippen MR) is 256 cm³/mol. The average molecular weight is 792 g/mol. The van der Waals surface area contributed by atoms with Crippen LogP contribution in [0.3, 0.4) is 0 Å². The largest absolute Gasteiger partial charge is 0.309 e. The van der Waals surface area contributed by atoms with Crippen LogP contribution in [-0.2, 0) is 0 Å². The maximum absolute atomic E-state index is 5.00. The van der Waals surface area contributed by atoms with Crippen molar-refractivity contribution in [2.24, 2.45) is 0 Å². The van der Waals surface area contributed by atoms with Crippen LogP contribution in [0.2, 0.25) is 0 Å². The van der Waals surface area contributed by atoms with Crippen LogP contribution < -0.4 is 0 Å². The fourth-order valence-corrected chi connectivity index (χ4v) is 9.15. The summed E-state index contributed by atoms with van der Waals surface area (Å²) in [6, 6.07) is 79.4. The van der Waals surface area contributed by atoms with Crippen molar-refractivity contribution in [1.29, 1.82) is 0 Å². The van der Waals surface area contributed by atoms with Gasteiger partial charge in [0.05, 0.1) is 22.1 Å². The third-order valence-electron chi connectivity index (χ3n) is 12.0. The first kappa shape index (κ1) is 35.5. The zero-order valence-corrected chi connectivity index (χ0v) is 33.6. The van der Waals surface area contributed by atoms with Gasteiger partial charge in [-0.05, 0) is 53.6 Å². The molecular formula is C57H37N5. The van der Waals surface area contributed by atoms with Gasteiger partial charge in [-0.3, -0.25) is 0 Å². The number of aromatic nitrogens is 5. The highest BCUT2D eigenvalue weighted by Crippen LogP contribution is 2.43. The van der Waals surface area contributed by atoms with Gasteiger partial charge in [-0.15, -0.1) is 0 Å². The standard InChI is InChI=1S/C57H37N5/c1-5-17-39(18-6-1)55-58-56(40-19-7-2-8-20-40)60-57(59-55)41-33-31-38(32-34-41)45-26-15-28-48-49-29-16-27-46(54(49)62(53(45)48)44-23-11-4-12-24-44)42-35-36-52-50(37-42)47-25-13-14-30-51(47)61(52)43-21-9-3-10-22-43/h1-37H. The molecule has 3 aromatic heterocycles. The highest BCUT2D eigenvalue weighted by atomic mass is 15.0. The van der Waals surface area contributed by atoms with Gasteiger partial charge in [0.25, 0.3) is 0 Å². The van der Waals surface area contributed by atoms with Crippen molar-refractivity contribution in [2.45, 2.75) is 0 Å². The van der Waals surface area contributed by atoms with Crippen molar-refractivity contribution in [3.8, 4) is 67.8 Å². The number of hydrogen-bond donors (Lipinski definition) is 0. The summed E-state index contributed by atoms with van der Waals surface area (Å²) in [5.74, 6) is 1.93. The first-order valence-electron chi connectivity index (χ1n) is 21.0. The molecule has 0 bridgehead atoms. The van der Waals surface area contributed by atoms with Gasteiger partial charge in [-0.25, -0.2) is 15.0 Å². The van der Waals surface area contributed by atoms with E-state index in [2.05, 4.69) is 173 Å². The second-order valence-electron chi connectivity index (χ2n) is 15.6. The zero-order valence-electron chi connectivity index (χ0n) is 33.6. The van der Waals surface area contributed by atoms with E-state index in [0.29, 0.717) is 17.5 Å². The number of fused-ring (bicyclic) bond motifs is 6. The molecule has 12 rings (SSSR count). The summed E-state index contributed by atoms with van der Waals surface area (Å²) in [6.45, 7) is 0. The first-order chi connectivity index (χ1) is 30.8. The Kier molecular flexibility index (Phi) is 8.42. The molecule has 5 nitrogen and oxygen atoms in total. The average Bonchev–Trinajstić information content (AvgIpc) is 3.88. The van der Waals surface area contributed by atoms with E-state index >= 15 is 0 Å². The van der Waals surface area contributed by atoms with Gasteiger partial charge in [-0.1, -0.05) is 182 Å². The van der Waals surface area contributed by atoms with Crippen LogP contribution in [0.25, 0.3) is 111 Å². The highest BCUT2D eigenvalue weighted by molar-refractivity contribution is 6.18. The van der Waals surface area contributed by atoms with E-state index in [9.17, 15) is 0 Å². The molecule has 5 heteroatoms. The van der Waals surface area contributed by atoms with Crippen LogP contribution in [-0.4, -0.2) is 24.1 Å². The van der Waals surface area contributed by atoms with E-state index in [1.807, 2.05) is 60.7 Å². The molecule has 62 heavy (non-hydrogen) atoms. The lowest BCUT2D eigenvalue weighted by molar-refractivity contribution is 1.07. The van der Waals surface area contributed by atoms with Gasteiger partial charge >= 0.3 is 0 Å². The Bertz CT molecular complexity index is 3540. The fraction of sp³-hybridized carbons (Fsp3) is 0. The monoisotopic (exact) mass is 791 g/mol. The number of benzene rings is 9. The van der Waals surface area contributed by atoms with Crippen LogP contribution in [0.5, 0.6) is 0 Å². The Hall–Kier alpha value is -8.41. The third kappa shape index (κ3) is 5.90. The van der Waals surface area contributed by atoms with E-state index in [1.165, 1.54) is 49.2 Å². The summed E-state index contributed by atoms with van der Waals surface area (Å²) >= 11 is 0. The zero-order chi connectivity index (χ0) is 41.0. The topological polar surface area (TPSA) is 48.5 Å². The van der Waals surface area contributed by atoms with E-state index < -0.39 is 0 Å². The third-order valence-corrected chi connectivity index (χ3v) is 12.0. The normalized spacial score (nSPS) is 11.5. The maximum Gasteiger partial charge on any atom is 0.164 e. The number of nitrogens with zero attached hydrogens (tertiary/aromatic N) is 5. The second-order valence-corrected chi connectivity index (χ2v) is 15.6. The molecular weight excluding hydrogens is 755 g/mol. The number of hydrogen-bond acceptors (Lipinski definition) is 3. The molecule has 290 valence electrons. The van der Waals surface area contributed by atoms with Crippen molar-refractivity contribution >= 4 is 43.6 Å². The molecule has 0 unspecified atom stereocenters. The molecule has 0 radical (unpaired) electrons. The van der Waals surface area contributed by atoms with Gasteiger partial charge in [0, 0.05) is 60.7 Å². The summed E-state index contributed by atoms with van der Waals surface area (Å²) < 4.78 is 4.84. The van der Waals surface area contributed by atoms with Crippen molar-refractivity contribution in [2.75, 3.05) is 0 Å². The van der Waals surface area contributed by atoms with Crippen LogP contribution in [0, 0.1) is 0 Å². The Morgan fingerprint density at radius 1 is 0.258 bits per heavy atom. The maximum atomic E-state index is 5.00. The Labute approximate surface area is 358 Å². The smallest absolute Gasteiger partial charge is 0.164 e. The van der Waals surface area contributed by atoms with Crippen molar-refractivity contribution in [3.05, 3.63) is 224 Å². The molecule has 9 aromatic carbocycles. The Balaban J connectivity index is 1.03. The Morgan fingerprint density at radius 2 is 0.661 bits per heavy atom. The first-order valence-corrected chi connectivity index (χ1v) is 21.0. The highest BCUT2D eigenvalue weighted by Gasteiger charge is 2.21. The Morgan fingerprint density at radius 3 is 1.23 bits per heavy atom. The van der Waals surface area contributed by atoms with Gasteiger partial charge < -0.3 is 9.13 Å². The molecule has 0 spiro atoms. The molecule has 0 saturated carbocycles. The van der Waals surface area contributed by atoms with Gasteiger partial charge in [0.1, 0.15) is 0 Å². The SMILES string of the molecule is c1ccc(-c2nc(-c3ccccc3)nc(-c3ccc(-c4cccc5c6cccc(-c7ccc8c(c7)c7ccccc7n8-c7ccccc7)c6n(-c6ccccc6)c45)cc3)n2)cc1. The molecule has 0 amide bonds. The lowest BCUT2D eigenvalue weighted by Gasteiger charge is -2.14. The summed E-state index contributed by atoms with van der Waals surface area (Å²) in [7, 11) is 0. The minimum Gasteiger partial charge on any atom is -0.309 e.